The number of hydrogen-bond acceptors (Lipinski definition) is 5. The van der Waals surface area contributed by atoms with Gasteiger partial charge < -0.3 is 10.1 Å². The van der Waals surface area contributed by atoms with E-state index in [0.717, 1.165) is 9.87 Å². The predicted octanol–water partition coefficient (Wildman–Crippen LogP) is 2.96. The van der Waals surface area contributed by atoms with Crippen LogP contribution >= 0.6 is 11.8 Å². The molecule has 0 saturated heterocycles. The van der Waals surface area contributed by atoms with Gasteiger partial charge in [0.25, 0.3) is 0 Å². The Hall–Kier alpha value is -2.10. The number of amides is 1. The number of nitrogens with one attached hydrogen (secondary N) is 1. The minimum Gasteiger partial charge on any atom is -0.495 e. The summed E-state index contributed by atoms with van der Waals surface area (Å²) in [6.45, 7) is 0. The molecule has 6 nitrogen and oxygen atoms in total. The minimum atomic E-state index is -3.63. The van der Waals surface area contributed by atoms with E-state index < -0.39 is 10.0 Å². The Balaban J connectivity index is 2.05. The van der Waals surface area contributed by atoms with Gasteiger partial charge in [-0.1, -0.05) is 12.1 Å². The average molecular weight is 413 g/mol. The topological polar surface area (TPSA) is 75.7 Å². The van der Waals surface area contributed by atoms with E-state index in [-0.39, 0.29) is 28.1 Å². The van der Waals surface area contributed by atoms with Crippen molar-refractivity contribution < 1.29 is 22.3 Å². The lowest BCUT2D eigenvalue weighted by molar-refractivity contribution is -0.113. The standard InChI is InChI=1S/C18H21FN2O4S2/c1-21(2)27(23,24)15-7-8-17(25-3)16(10-15)20-18(22)12-26-11-13-5-4-6-14(19)9-13/h4-10H,11-12H2,1-3H3,(H,20,22). The third-order valence-electron chi connectivity index (χ3n) is 3.61. The molecule has 0 saturated carbocycles. The highest BCUT2D eigenvalue weighted by atomic mass is 32.2. The molecular weight excluding hydrogens is 391 g/mol. The molecule has 0 aliphatic heterocycles. The van der Waals surface area contributed by atoms with E-state index in [0.29, 0.717) is 11.5 Å². The number of thioether (sulfide) groups is 1. The fourth-order valence-corrected chi connectivity index (χ4v) is 3.93. The highest BCUT2D eigenvalue weighted by Crippen LogP contribution is 2.28. The van der Waals surface area contributed by atoms with E-state index >= 15 is 0 Å². The number of sulfonamides is 1. The lowest BCUT2D eigenvalue weighted by Gasteiger charge is -2.15. The van der Waals surface area contributed by atoms with Crippen LogP contribution in [-0.2, 0) is 20.6 Å². The zero-order valence-electron chi connectivity index (χ0n) is 15.2. The first kappa shape index (κ1) is 21.2. The van der Waals surface area contributed by atoms with Crippen molar-refractivity contribution in [2.75, 3.05) is 32.3 Å². The number of anilines is 1. The summed E-state index contributed by atoms with van der Waals surface area (Å²) < 4.78 is 44.0. The molecule has 0 bridgehead atoms. The quantitative estimate of drug-likeness (QED) is 0.722. The number of hydrogen-bond donors (Lipinski definition) is 1. The summed E-state index contributed by atoms with van der Waals surface area (Å²) in [5.41, 5.74) is 1.06. The van der Waals surface area contributed by atoms with Crippen LogP contribution in [0, 0.1) is 5.82 Å². The molecule has 0 aliphatic rings. The Labute approximate surface area is 162 Å². The summed E-state index contributed by atoms with van der Waals surface area (Å²) >= 11 is 1.32. The van der Waals surface area contributed by atoms with E-state index in [2.05, 4.69) is 5.32 Å². The van der Waals surface area contributed by atoms with E-state index in [1.807, 2.05) is 0 Å². The number of carbonyl (C=O) groups excluding carboxylic acids is 1. The Bertz CT molecular complexity index is 917. The second kappa shape index (κ2) is 9.20. The predicted molar refractivity (Wildman–Crippen MR) is 105 cm³/mol. The van der Waals surface area contributed by atoms with Gasteiger partial charge in [-0.05, 0) is 35.9 Å². The number of halogens is 1. The molecule has 9 heteroatoms. The molecule has 27 heavy (non-hydrogen) atoms. The molecule has 146 valence electrons. The molecule has 0 aliphatic carbocycles. The zero-order valence-corrected chi connectivity index (χ0v) is 16.9. The van der Waals surface area contributed by atoms with Gasteiger partial charge in [0.15, 0.2) is 0 Å². The van der Waals surface area contributed by atoms with Gasteiger partial charge in [0, 0.05) is 19.8 Å². The number of rotatable bonds is 8. The smallest absolute Gasteiger partial charge is 0.242 e. The molecule has 0 radical (unpaired) electrons. The Kier molecular flexibility index (Phi) is 7.23. The van der Waals surface area contributed by atoms with Crippen molar-refractivity contribution in [1.82, 2.24) is 4.31 Å². The van der Waals surface area contributed by atoms with Crippen molar-refractivity contribution in [2.45, 2.75) is 10.6 Å². The monoisotopic (exact) mass is 412 g/mol. The van der Waals surface area contributed by atoms with E-state index in [1.165, 1.54) is 63.3 Å². The molecule has 1 N–H and O–H groups in total. The molecule has 0 spiro atoms. The van der Waals surface area contributed by atoms with Gasteiger partial charge >= 0.3 is 0 Å². The Morgan fingerprint density at radius 2 is 1.96 bits per heavy atom. The molecule has 2 aromatic rings. The maximum Gasteiger partial charge on any atom is 0.242 e. The molecule has 0 aromatic heterocycles. The number of benzene rings is 2. The lowest BCUT2D eigenvalue weighted by Crippen LogP contribution is -2.22. The maximum atomic E-state index is 13.2. The van der Waals surface area contributed by atoms with Crippen LogP contribution in [0.4, 0.5) is 10.1 Å². The lowest BCUT2D eigenvalue weighted by atomic mass is 10.2. The summed E-state index contributed by atoms with van der Waals surface area (Å²) in [5, 5.41) is 2.67. The Morgan fingerprint density at radius 1 is 1.22 bits per heavy atom. The van der Waals surface area contributed by atoms with Crippen molar-refractivity contribution in [3.05, 3.63) is 53.8 Å². The molecule has 0 atom stereocenters. The minimum absolute atomic E-state index is 0.0519. The fourth-order valence-electron chi connectivity index (χ4n) is 2.23. The van der Waals surface area contributed by atoms with Crippen LogP contribution in [0.1, 0.15) is 5.56 Å². The molecule has 2 rings (SSSR count). The largest absolute Gasteiger partial charge is 0.495 e. The highest BCUT2D eigenvalue weighted by Gasteiger charge is 2.19. The maximum absolute atomic E-state index is 13.2. The fraction of sp³-hybridized carbons (Fsp3) is 0.278. The van der Waals surface area contributed by atoms with Crippen molar-refractivity contribution in [3.8, 4) is 5.75 Å². The zero-order chi connectivity index (χ0) is 20.0. The first-order chi connectivity index (χ1) is 12.7. The van der Waals surface area contributed by atoms with Crippen molar-refractivity contribution >= 4 is 33.4 Å². The van der Waals surface area contributed by atoms with Crippen molar-refractivity contribution in [2.24, 2.45) is 0 Å². The summed E-state index contributed by atoms with van der Waals surface area (Å²) in [6.07, 6.45) is 0. The normalized spacial score (nSPS) is 11.4. The van der Waals surface area contributed by atoms with Gasteiger partial charge in [-0.25, -0.2) is 17.1 Å². The van der Waals surface area contributed by atoms with Crippen LogP contribution in [0.2, 0.25) is 0 Å². The summed E-state index contributed by atoms with van der Waals surface area (Å²) in [7, 11) is 0.666. The van der Waals surface area contributed by atoms with Crippen molar-refractivity contribution in [1.29, 1.82) is 0 Å². The first-order valence-electron chi connectivity index (χ1n) is 7.96. The second-order valence-electron chi connectivity index (χ2n) is 5.82. The van der Waals surface area contributed by atoms with E-state index in [9.17, 15) is 17.6 Å². The van der Waals surface area contributed by atoms with Crippen molar-refractivity contribution in [3.63, 3.8) is 0 Å². The SMILES string of the molecule is COc1ccc(S(=O)(=O)N(C)C)cc1NC(=O)CSCc1cccc(F)c1. The molecule has 1 amide bonds. The van der Waals surface area contributed by atoms with Gasteiger partial charge in [0.2, 0.25) is 15.9 Å². The third kappa shape index (κ3) is 5.69. The Morgan fingerprint density at radius 3 is 2.59 bits per heavy atom. The molecule has 0 heterocycles. The highest BCUT2D eigenvalue weighted by molar-refractivity contribution is 7.99. The van der Waals surface area contributed by atoms with Crippen LogP contribution < -0.4 is 10.1 Å². The van der Waals surface area contributed by atoms with Crippen LogP contribution in [0.5, 0.6) is 5.75 Å². The number of carbonyl (C=O) groups is 1. The number of methoxy groups -OCH3 is 1. The summed E-state index contributed by atoms with van der Waals surface area (Å²) in [6, 6.07) is 10.5. The third-order valence-corrected chi connectivity index (χ3v) is 6.43. The number of ether oxygens (including phenoxy) is 1. The first-order valence-corrected chi connectivity index (χ1v) is 10.6. The molecule has 0 unspecified atom stereocenters. The van der Waals surface area contributed by atoms with Gasteiger partial charge in [0.05, 0.1) is 23.4 Å². The van der Waals surface area contributed by atoms with Gasteiger partial charge in [0.1, 0.15) is 11.6 Å². The molecule has 0 fully saturated rings. The second-order valence-corrected chi connectivity index (χ2v) is 8.96. The molecule has 2 aromatic carbocycles. The number of nitrogens with zero attached hydrogens (tertiary/aromatic N) is 1. The van der Waals surface area contributed by atoms with Gasteiger partial charge in [-0.2, -0.15) is 0 Å². The average Bonchev–Trinajstić information content (AvgIpc) is 2.61. The summed E-state index contributed by atoms with van der Waals surface area (Å²) in [5.74, 6) is 0.341. The van der Waals surface area contributed by atoms with E-state index in [4.69, 9.17) is 4.74 Å². The van der Waals surface area contributed by atoms with Gasteiger partial charge in [-0.15, -0.1) is 11.8 Å². The van der Waals surface area contributed by atoms with Crippen LogP contribution in [0.25, 0.3) is 0 Å². The summed E-state index contributed by atoms with van der Waals surface area (Å²) in [4.78, 5) is 12.3. The van der Waals surface area contributed by atoms with Crippen LogP contribution in [0.3, 0.4) is 0 Å². The van der Waals surface area contributed by atoms with Crippen LogP contribution in [-0.4, -0.2) is 45.6 Å². The van der Waals surface area contributed by atoms with Crippen LogP contribution in [0.15, 0.2) is 47.4 Å². The van der Waals surface area contributed by atoms with Gasteiger partial charge in [-0.3, -0.25) is 4.79 Å². The molecular formula is C18H21FN2O4S2. The van der Waals surface area contributed by atoms with E-state index in [1.54, 1.807) is 12.1 Å².